The highest BCUT2D eigenvalue weighted by Crippen LogP contribution is 2.43. The summed E-state index contributed by atoms with van der Waals surface area (Å²) in [4.78, 5) is 26.2. The molecule has 0 aromatic heterocycles. The molecule has 1 unspecified atom stereocenters. The first kappa shape index (κ1) is 16.2. The summed E-state index contributed by atoms with van der Waals surface area (Å²) in [6.45, 7) is 0. The van der Waals surface area contributed by atoms with E-state index >= 15 is 0 Å². The summed E-state index contributed by atoms with van der Waals surface area (Å²) in [7, 11) is 0. The minimum atomic E-state index is -0.636. The van der Waals surface area contributed by atoms with Gasteiger partial charge in [0.1, 0.15) is 6.26 Å². The molecule has 1 heterocycles. The average molecular weight is 363 g/mol. The van der Waals surface area contributed by atoms with Crippen LogP contribution in [0.4, 0.5) is 0 Å². The van der Waals surface area contributed by atoms with E-state index < -0.39 is 5.92 Å². The van der Waals surface area contributed by atoms with Gasteiger partial charge in [-0.2, -0.15) is 5.26 Å². The number of benzene rings is 3. The molecule has 1 aliphatic heterocycles. The molecule has 0 fully saturated rings. The quantitative estimate of drug-likeness (QED) is 0.629. The normalized spacial score (nSPS) is 18.1. The molecule has 0 radical (unpaired) electrons. The fraction of sp³-hybridized carbons (Fsp3) is 0.0417. The van der Waals surface area contributed by atoms with Crippen molar-refractivity contribution in [3.63, 3.8) is 0 Å². The zero-order chi connectivity index (χ0) is 19.3. The maximum atomic E-state index is 13.3. The highest BCUT2D eigenvalue weighted by atomic mass is 16.5. The van der Waals surface area contributed by atoms with E-state index in [1.54, 1.807) is 24.3 Å². The smallest absolute Gasteiger partial charge is 0.229 e. The number of Topliss-reactive ketones (excluding diaryl/α,β-unsaturated/α-hetero) is 2. The number of hydrogen-bond acceptors (Lipinski definition) is 4. The fourth-order valence-corrected chi connectivity index (χ4v) is 3.92. The van der Waals surface area contributed by atoms with Gasteiger partial charge in [0.2, 0.25) is 5.78 Å². The maximum Gasteiger partial charge on any atom is 0.229 e. The zero-order valence-corrected chi connectivity index (χ0v) is 14.7. The van der Waals surface area contributed by atoms with Crippen LogP contribution in [-0.2, 0) is 4.74 Å². The Morgan fingerprint density at radius 2 is 1.50 bits per heavy atom. The molecule has 0 spiro atoms. The Morgan fingerprint density at radius 3 is 2.25 bits per heavy atom. The van der Waals surface area contributed by atoms with Crippen molar-refractivity contribution in [3.05, 3.63) is 107 Å². The molecule has 3 aromatic carbocycles. The van der Waals surface area contributed by atoms with Crippen molar-refractivity contribution < 1.29 is 14.3 Å². The van der Waals surface area contributed by atoms with E-state index in [2.05, 4.69) is 6.07 Å². The summed E-state index contributed by atoms with van der Waals surface area (Å²) in [6.07, 6.45) is 1.29. The van der Waals surface area contributed by atoms with Crippen molar-refractivity contribution in [2.45, 2.75) is 5.92 Å². The van der Waals surface area contributed by atoms with Gasteiger partial charge in [0.15, 0.2) is 11.5 Å². The van der Waals surface area contributed by atoms with Gasteiger partial charge in [0.05, 0.1) is 23.1 Å². The third kappa shape index (κ3) is 2.23. The molecule has 4 heteroatoms. The maximum absolute atomic E-state index is 13.3. The summed E-state index contributed by atoms with van der Waals surface area (Å²) >= 11 is 0. The minimum absolute atomic E-state index is 0.0147. The fourth-order valence-electron chi connectivity index (χ4n) is 3.92. The van der Waals surface area contributed by atoms with Gasteiger partial charge in [-0.15, -0.1) is 0 Å². The van der Waals surface area contributed by atoms with Crippen LogP contribution in [0.25, 0.3) is 10.8 Å². The van der Waals surface area contributed by atoms with Crippen molar-refractivity contribution in [2.24, 2.45) is 0 Å². The number of ether oxygens (including phenoxy) is 1. The second kappa shape index (κ2) is 6.04. The minimum Gasteiger partial charge on any atom is -0.459 e. The number of carbonyl (C=O) groups excluding carboxylic acids is 2. The van der Waals surface area contributed by atoms with Crippen LogP contribution in [0.5, 0.6) is 0 Å². The van der Waals surface area contributed by atoms with Crippen LogP contribution >= 0.6 is 0 Å². The molecule has 1 aliphatic carbocycles. The van der Waals surface area contributed by atoms with E-state index in [0.717, 1.165) is 16.3 Å². The van der Waals surface area contributed by atoms with Crippen molar-refractivity contribution in [1.82, 2.24) is 0 Å². The largest absolute Gasteiger partial charge is 0.459 e. The Hall–Kier alpha value is -3.97. The van der Waals surface area contributed by atoms with Crippen LogP contribution < -0.4 is 0 Å². The lowest BCUT2D eigenvalue weighted by molar-refractivity contribution is 0.0911. The zero-order valence-electron chi connectivity index (χ0n) is 14.7. The highest BCUT2D eigenvalue weighted by Gasteiger charge is 2.41. The molecule has 28 heavy (non-hydrogen) atoms. The third-order valence-electron chi connectivity index (χ3n) is 5.25. The molecule has 4 nitrogen and oxygen atoms in total. The molecular formula is C24H13NO3. The van der Waals surface area contributed by atoms with Crippen LogP contribution in [0.3, 0.4) is 0 Å². The molecule has 0 bridgehead atoms. The lowest BCUT2D eigenvalue weighted by Crippen LogP contribution is -2.29. The topological polar surface area (TPSA) is 67.2 Å². The van der Waals surface area contributed by atoms with Gasteiger partial charge in [0.25, 0.3) is 0 Å². The predicted molar refractivity (Wildman–Crippen MR) is 104 cm³/mol. The highest BCUT2D eigenvalue weighted by molar-refractivity contribution is 6.27. The van der Waals surface area contributed by atoms with Gasteiger partial charge in [0, 0.05) is 11.1 Å². The van der Waals surface area contributed by atoms with E-state index in [9.17, 15) is 14.9 Å². The predicted octanol–water partition coefficient (Wildman–Crippen LogP) is 4.69. The number of fused-ring (bicyclic) bond motifs is 2. The Labute approximate surface area is 161 Å². The van der Waals surface area contributed by atoms with E-state index in [4.69, 9.17) is 4.74 Å². The molecule has 1 atom stereocenters. The summed E-state index contributed by atoms with van der Waals surface area (Å²) in [5.74, 6) is -1.22. The van der Waals surface area contributed by atoms with Crippen molar-refractivity contribution >= 4 is 22.3 Å². The van der Waals surface area contributed by atoms with Gasteiger partial charge < -0.3 is 4.74 Å². The Morgan fingerprint density at radius 1 is 0.821 bits per heavy atom. The van der Waals surface area contributed by atoms with Crippen molar-refractivity contribution in [2.75, 3.05) is 0 Å². The molecule has 132 valence electrons. The van der Waals surface area contributed by atoms with Crippen LogP contribution in [0, 0.1) is 11.3 Å². The van der Waals surface area contributed by atoms with Crippen LogP contribution in [0.15, 0.2) is 89.9 Å². The van der Waals surface area contributed by atoms with E-state index in [1.807, 2.05) is 42.5 Å². The summed E-state index contributed by atoms with van der Waals surface area (Å²) in [5.41, 5.74) is 1.99. The number of hydrogen-bond donors (Lipinski definition) is 0. The third-order valence-corrected chi connectivity index (χ3v) is 5.25. The Bertz CT molecular complexity index is 1290. The summed E-state index contributed by atoms with van der Waals surface area (Å²) in [5, 5.41) is 11.7. The van der Waals surface area contributed by atoms with E-state index in [1.165, 1.54) is 6.26 Å². The van der Waals surface area contributed by atoms with E-state index in [-0.39, 0.29) is 22.9 Å². The molecular weight excluding hydrogens is 350 g/mol. The standard InChI is InChI=1S/C24H13NO3/c25-12-17-13-28-24-21(22(26)18-7-3-4-8-19(18)23(24)27)20(17)16-10-9-14-5-1-2-6-15(14)11-16/h1-11,13,20H. The number of nitrogens with zero attached hydrogens (tertiary/aromatic N) is 1. The van der Waals surface area contributed by atoms with Gasteiger partial charge in [-0.3, -0.25) is 9.59 Å². The molecule has 0 saturated heterocycles. The number of rotatable bonds is 1. The number of ketones is 2. The average Bonchev–Trinajstić information content (AvgIpc) is 2.76. The summed E-state index contributed by atoms with van der Waals surface area (Å²) in [6, 6.07) is 22.5. The Kier molecular flexibility index (Phi) is 3.50. The van der Waals surface area contributed by atoms with Gasteiger partial charge >= 0.3 is 0 Å². The first-order valence-electron chi connectivity index (χ1n) is 8.87. The molecule has 0 N–H and O–H groups in total. The summed E-state index contributed by atoms with van der Waals surface area (Å²) < 4.78 is 5.49. The number of nitriles is 1. The first-order valence-corrected chi connectivity index (χ1v) is 8.87. The molecule has 5 rings (SSSR count). The Balaban J connectivity index is 1.74. The molecule has 0 saturated carbocycles. The lowest BCUT2D eigenvalue weighted by atomic mass is 9.75. The van der Waals surface area contributed by atoms with E-state index in [0.29, 0.717) is 16.7 Å². The number of allylic oxidation sites excluding steroid dienone is 3. The van der Waals surface area contributed by atoms with Gasteiger partial charge in [-0.25, -0.2) is 0 Å². The number of carbonyl (C=O) groups is 2. The van der Waals surface area contributed by atoms with Gasteiger partial charge in [-0.1, -0.05) is 66.7 Å². The van der Waals surface area contributed by atoms with Crippen molar-refractivity contribution in [1.29, 1.82) is 5.26 Å². The van der Waals surface area contributed by atoms with Crippen LogP contribution in [0.1, 0.15) is 32.2 Å². The van der Waals surface area contributed by atoms with Crippen LogP contribution in [0.2, 0.25) is 0 Å². The molecule has 2 aliphatic rings. The van der Waals surface area contributed by atoms with Gasteiger partial charge in [-0.05, 0) is 16.3 Å². The second-order valence-corrected chi connectivity index (χ2v) is 6.79. The lowest BCUT2D eigenvalue weighted by Gasteiger charge is -2.29. The van der Waals surface area contributed by atoms with Crippen LogP contribution in [-0.4, -0.2) is 11.6 Å². The van der Waals surface area contributed by atoms with Crippen molar-refractivity contribution in [3.8, 4) is 6.07 Å². The monoisotopic (exact) mass is 363 g/mol. The molecule has 3 aromatic rings. The first-order chi connectivity index (χ1) is 13.7. The second-order valence-electron chi connectivity index (χ2n) is 6.79. The molecule has 0 amide bonds. The SMILES string of the molecule is N#CC1=COC2=C(C(=O)c3ccccc3C2=O)C1c1ccc2ccccc2c1.